The average Bonchev–Trinajstić information content (AvgIpc) is 3.73. The van der Waals surface area contributed by atoms with Crippen LogP contribution in [0.5, 0.6) is 0 Å². The lowest BCUT2D eigenvalue weighted by Gasteiger charge is -2.28. The molecular weight excluding hydrogens is 670 g/mol. The largest absolute Gasteiger partial charge is 0.386 e. The third kappa shape index (κ3) is 5.32. The van der Waals surface area contributed by atoms with E-state index in [-0.39, 0.29) is 22.6 Å². The van der Waals surface area contributed by atoms with Crippen LogP contribution in [0.3, 0.4) is 0 Å². The van der Waals surface area contributed by atoms with Gasteiger partial charge in [0.05, 0.1) is 31.6 Å². The van der Waals surface area contributed by atoms with Gasteiger partial charge in [0.2, 0.25) is 0 Å². The summed E-state index contributed by atoms with van der Waals surface area (Å²) in [5.74, 6) is 0.0560. The van der Waals surface area contributed by atoms with Crippen molar-refractivity contribution in [2.24, 2.45) is 0 Å². The van der Waals surface area contributed by atoms with E-state index in [2.05, 4.69) is 54.4 Å². The Balaban J connectivity index is 1.17. The second-order valence-corrected chi connectivity index (χ2v) is 15.8. The SMILES string of the molecule is Cc1ncnc2c1ncn2[C@@H]1O[C@@H]2CO[P@@](=O)(S)O[C@H]3[C@@H](F)[C@H](n4cnc5c(N)ncnc54)O[C@@H]3CO[P@@](=O)(S)O[C@H]2[C@H]1F. The van der Waals surface area contributed by atoms with Gasteiger partial charge in [-0.3, -0.25) is 27.2 Å². The summed E-state index contributed by atoms with van der Waals surface area (Å²) in [6.07, 6.45) is -7.70. The van der Waals surface area contributed by atoms with Gasteiger partial charge in [-0.05, 0) is 6.92 Å². The van der Waals surface area contributed by atoms with Gasteiger partial charge in [0.1, 0.15) is 48.1 Å². The number of anilines is 1. The summed E-state index contributed by atoms with van der Waals surface area (Å²) < 4.78 is 94.7. The minimum atomic E-state index is -4.37. The zero-order valence-electron chi connectivity index (χ0n) is 22.3. The second-order valence-electron chi connectivity index (χ2n) is 10.1. The van der Waals surface area contributed by atoms with Gasteiger partial charge in [0.25, 0.3) is 0 Å². The first-order valence-electron chi connectivity index (χ1n) is 12.9. The average molecular weight is 694 g/mol. The van der Waals surface area contributed by atoms with Crippen LogP contribution in [-0.2, 0) is 36.7 Å². The second kappa shape index (κ2) is 11.2. The summed E-state index contributed by atoms with van der Waals surface area (Å²) in [4.78, 5) is 24.5. The quantitative estimate of drug-likeness (QED) is 0.204. The third-order valence-electron chi connectivity index (χ3n) is 7.32. The number of nitrogen functional groups attached to an aromatic ring is 1. The molecule has 4 aromatic heterocycles. The maximum Gasteiger partial charge on any atom is 0.386 e. The van der Waals surface area contributed by atoms with Crippen LogP contribution in [0.2, 0.25) is 0 Å². The number of fused-ring (bicyclic) bond motifs is 4. The Morgan fingerprint density at radius 3 is 1.82 bits per heavy atom. The summed E-state index contributed by atoms with van der Waals surface area (Å²) in [5.41, 5.74) is 7.41. The van der Waals surface area contributed by atoms with Crippen molar-refractivity contribution >= 4 is 66.2 Å². The van der Waals surface area contributed by atoms with Gasteiger partial charge in [0.15, 0.2) is 41.9 Å². The highest BCUT2D eigenvalue weighted by atomic mass is 32.7. The number of aryl methyl sites for hydroxylation is 1. The molecule has 0 aliphatic carbocycles. The molecule has 236 valence electrons. The zero-order chi connectivity index (χ0) is 31.0. The maximum absolute atomic E-state index is 16.0. The normalized spacial score (nSPS) is 38.3. The molecule has 7 heterocycles. The fourth-order valence-electron chi connectivity index (χ4n) is 5.27. The van der Waals surface area contributed by atoms with Crippen molar-refractivity contribution in [1.29, 1.82) is 0 Å². The van der Waals surface area contributed by atoms with Crippen molar-refractivity contribution in [2.75, 3.05) is 18.9 Å². The Kier molecular flexibility index (Phi) is 7.71. The van der Waals surface area contributed by atoms with Gasteiger partial charge in [-0.25, -0.2) is 47.8 Å². The number of halogens is 2. The summed E-state index contributed by atoms with van der Waals surface area (Å²) >= 11 is 8.02. The minimum Gasteiger partial charge on any atom is -0.382 e. The van der Waals surface area contributed by atoms with Crippen LogP contribution in [-0.4, -0.2) is 89.0 Å². The van der Waals surface area contributed by atoms with Crippen LogP contribution in [0.25, 0.3) is 22.3 Å². The van der Waals surface area contributed by atoms with E-state index in [1.54, 1.807) is 6.92 Å². The van der Waals surface area contributed by atoms with E-state index in [4.69, 9.17) is 33.3 Å². The molecule has 0 spiro atoms. The van der Waals surface area contributed by atoms with Crippen LogP contribution in [0.4, 0.5) is 14.6 Å². The predicted octanol–water partition coefficient (Wildman–Crippen LogP) is 2.92. The minimum absolute atomic E-state index is 0.0560. The van der Waals surface area contributed by atoms with Crippen LogP contribution < -0.4 is 5.73 Å². The molecule has 3 fully saturated rings. The van der Waals surface area contributed by atoms with Crippen molar-refractivity contribution in [3.63, 3.8) is 0 Å². The number of nitrogens with zero attached hydrogens (tertiary/aromatic N) is 8. The van der Waals surface area contributed by atoms with Crippen molar-refractivity contribution in [3.05, 3.63) is 31.0 Å². The number of hydrogen-bond donors (Lipinski definition) is 3. The molecule has 3 aliphatic rings. The maximum atomic E-state index is 16.0. The molecule has 2 N–H and O–H groups in total. The summed E-state index contributed by atoms with van der Waals surface area (Å²) in [5, 5.41) is 0. The molecule has 0 aromatic carbocycles. The zero-order valence-corrected chi connectivity index (χ0v) is 25.9. The molecule has 0 unspecified atom stereocenters. The fraction of sp³-hybridized carbons (Fsp3) is 0.524. The summed E-state index contributed by atoms with van der Waals surface area (Å²) in [6, 6.07) is 0. The Hall–Kier alpha value is -2.32. The standard InChI is InChI=1S/C21H23F2N9O8P2S2/c1-8-13-18(27-4-25-8)31(6-29-13)20-11(22)15-9(37-20)2-35-42(34,44)40-16-10(3-36-41(33,43)39-15)38-21(12(16)23)32-7-30-14-17(24)26-5-28-19(14)32/h4-7,9-12,15-16,20-21H,2-3H2,1H3,(H,33,43)(H,34,44)(H2,24,26,28)/t9-,10-,11-,12-,15-,16-,20-,21-,41-,42-/m1/s1. The first-order chi connectivity index (χ1) is 20.9. The highest BCUT2D eigenvalue weighted by molar-refractivity contribution is 8.44. The van der Waals surface area contributed by atoms with Crippen LogP contribution >= 0.6 is 38.1 Å². The van der Waals surface area contributed by atoms with Gasteiger partial charge < -0.3 is 15.2 Å². The first kappa shape index (κ1) is 30.3. The topological polar surface area (TPSA) is 203 Å². The van der Waals surface area contributed by atoms with Crippen LogP contribution in [0, 0.1) is 6.92 Å². The van der Waals surface area contributed by atoms with Crippen molar-refractivity contribution in [3.8, 4) is 0 Å². The number of alkyl halides is 2. The lowest BCUT2D eigenvalue weighted by atomic mass is 10.1. The van der Waals surface area contributed by atoms with E-state index >= 15 is 8.78 Å². The van der Waals surface area contributed by atoms with E-state index in [0.29, 0.717) is 11.2 Å². The summed E-state index contributed by atoms with van der Waals surface area (Å²) in [6.45, 7) is -8.29. The van der Waals surface area contributed by atoms with Crippen LogP contribution in [0.1, 0.15) is 18.1 Å². The number of thiol groups is 2. The van der Waals surface area contributed by atoms with Crippen LogP contribution in [0.15, 0.2) is 25.3 Å². The third-order valence-corrected chi connectivity index (χ3v) is 10.6. The van der Waals surface area contributed by atoms with E-state index in [0.717, 1.165) is 6.33 Å². The van der Waals surface area contributed by atoms with Crippen molar-refractivity contribution < 1.29 is 45.5 Å². The van der Waals surface area contributed by atoms with E-state index in [9.17, 15) is 9.13 Å². The predicted molar refractivity (Wildman–Crippen MR) is 152 cm³/mol. The van der Waals surface area contributed by atoms with Gasteiger partial charge in [-0.1, -0.05) is 24.5 Å². The molecule has 4 aromatic rings. The fourth-order valence-corrected chi connectivity index (χ4v) is 8.24. The highest BCUT2D eigenvalue weighted by Crippen LogP contribution is 2.60. The van der Waals surface area contributed by atoms with Crippen molar-refractivity contribution in [2.45, 2.75) is 56.1 Å². The molecule has 0 saturated carbocycles. The molecular formula is C21H23F2N9O8P2S2. The monoisotopic (exact) mass is 693 g/mol. The highest BCUT2D eigenvalue weighted by Gasteiger charge is 2.54. The first-order valence-corrected chi connectivity index (χ1v) is 18.3. The Bertz CT molecular complexity index is 1710. The number of aromatic nitrogens is 8. The molecule has 3 saturated heterocycles. The number of ether oxygens (including phenoxy) is 2. The molecule has 7 rings (SSSR count). The molecule has 0 amide bonds. The lowest BCUT2D eigenvalue weighted by molar-refractivity contribution is -0.0544. The molecule has 0 bridgehead atoms. The Morgan fingerprint density at radius 1 is 0.795 bits per heavy atom. The summed E-state index contributed by atoms with van der Waals surface area (Å²) in [7, 11) is 0. The number of nitrogens with two attached hydrogens (primary N) is 1. The molecule has 17 nitrogen and oxygen atoms in total. The van der Waals surface area contributed by atoms with Gasteiger partial charge in [-0.2, -0.15) is 0 Å². The van der Waals surface area contributed by atoms with E-state index in [1.807, 2.05) is 0 Å². The molecule has 3 aliphatic heterocycles. The van der Waals surface area contributed by atoms with Crippen molar-refractivity contribution in [1.82, 2.24) is 39.0 Å². The number of rotatable bonds is 2. The van der Waals surface area contributed by atoms with E-state index < -0.39 is 76.0 Å². The number of hydrogen-bond acceptors (Lipinski definition) is 15. The lowest BCUT2D eigenvalue weighted by Crippen LogP contribution is -2.36. The van der Waals surface area contributed by atoms with Gasteiger partial charge in [0, 0.05) is 0 Å². The smallest absolute Gasteiger partial charge is 0.382 e. The number of imidazole rings is 2. The molecule has 0 radical (unpaired) electrons. The Morgan fingerprint density at radius 2 is 1.27 bits per heavy atom. The molecule has 44 heavy (non-hydrogen) atoms. The van der Waals surface area contributed by atoms with E-state index in [1.165, 1.54) is 28.1 Å². The van der Waals surface area contributed by atoms with Gasteiger partial charge >= 0.3 is 13.6 Å². The molecule has 10 atom stereocenters. The molecule has 23 heteroatoms. The Labute approximate surface area is 256 Å². The van der Waals surface area contributed by atoms with Gasteiger partial charge in [-0.15, -0.1) is 0 Å².